The lowest BCUT2D eigenvalue weighted by molar-refractivity contribution is -0.143. The van der Waals surface area contributed by atoms with Gasteiger partial charge in [-0.3, -0.25) is 43.5 Å². The molecule has 0 aliphatic carbocycles. The molecule has 0 aliphatic rings. The Labute approximate surface area is 306 Å². The molecule has 1 aromatic rings. The number of nitrogens with zero attached hydrogens (tertiary/aromatic N) is 3. The van der Waals surface area contributed by atoms with Gasteiger partial charge in [-0.15, -0.1) is 0 Å². The van der Waals surface area contributed by atoms with Gasteiger partial charge in [0.1, 0.15) is 11.6 Å². The number of hydrogen-bond donors (Lipinski definition) is 8. The van der Waals surface area contributed by atoms with Crippen LogP contribution in [0.25, 0.3) is 0 Å². The fraction of sp³-hybridized carbons (Fsp3) is 0.576. The first-order chi connectivity index (χ1) is 24.4. The third kappa shape index (κ3) is 30.0. The fourth-order valence-electron chi connectivity index (χ4n) is 4.17. The first-order valence-corrected chi connectivity index (χ1v) is 16.2. The summed E-state index contributed by atoms with van der Waals surface area (Å²) in [6.07, 6.45) is -0.176. The van der Waals surface area contributed by atoms with Gasteiger partial charge in [0, 0.05) is 26.2 Å². The maximum atomic E-state index is 11.1. The van der Waals surface area contributed by atoms with E-state index in [1.54, 1.807) is 27.7 Å². The average Bonchev–Trinajstić information content (AvgIpc) is 2.99. The smallest absolute Gasteiger partial charge is 0.408 e. The van der Waals surface area contributed by atoms with Crippen LogP contribution in [0.3, 0.4) is 0 Å². The Kier molecular flexibility index (Phi) is 24.8. The average molecular weight is 761 g/mol. The number of carboxylic acids is 7. The summed E-state index contributed by atoms with van der Waals surface area (Å²) in [6, 6.07) is 8.80. The van der Waals surface area contributed by atoms with Crippen LogP contribution < -0.4 is 5.32 Å². The zero-order valence-electron chi connectivity index (χ0n) is 30.5. The van der Waals surface area contributed by atoms with Crippen LogP contribution in [0.1, 0.15) is 58.9 Å². The van der Waals surface area contributed by atoms with Gasteiger partial charge in [0.05, 0.1) is 39.1 Å². The van der Waals surface area contributed by atoms with Crippen molar-refractivity contribution in [3.63, 3.8) is 0 Å². The van der Waals surface area contributed by atoms with Gasteiger partial charge in [0.15, 0.2) is 0 Å². The number of ether oxygens (including phenoxy) is 1. The minimum atomic E-state index is -1.24. The molecule has 0 saturated heterocycles. The van der Waals surface area contributed by atoms with E-state index in [-0.39, 0.29) is 38.5 Å². The number of carbonyl (C=O) groups is 8. The number of hydrogen-bond acceptors (Lipinski definition) is 12. The van der Waals surface area contributed by atoms with Gasteiger partial charge in [-0.25, -0.2) is 9.59 Å². The van der Waals surface area contributed by atoms with Crippen molar-refractivity contribution in [1.82, 2.24) is 20.0 Å². The van der Waals surface area contributed by atoms with Crippen LogP contribution >= 0.6 is 0 Å². The van der Waals surface area contributed by atoms with Crippen molar-refractivity contribution in [2.24, 2.45) is 0 Å². The normalized spacial score (nSPS) is 11.9. The second kappa shape index (κ2) is 26.4. The number of rotatable bonds is 22. The SMILES string of the molecule is CCC(NC(=O)OC(C)(C)C)C(=O)O.C[C@@H](CC(=O)O)c1ccccc1.O=C(O)CN(CCN(CC(=O)O)CC(=O)O)CCN(CC(=O)O)CC(=O)O. The maximum absolute atomic E-state index is 11.1. The van der Waals surface area contributed by atoms with Gasteiger partial charge in [0.2, 0.25) is 0 Å². The van der Waals surface area contributed by atoms with Gasteiger partial charge in [-0.05, 0) is 38.7 Å². The van der Waals surface area contributed by atoms with E-state index in [0.717, 1.165) is 15.4 Å². The van der Waals surface area contributed by atoms with Crippen molar-refractivity contribution < 1.29 is 78.8 Å². The lowest BCUT2D eigenvalue weighted by atomic mass is 9.98. The number of carbonyl (C=O) groups excluding carboxylic acids is 1. The number of carboxylic acid groups (broad SMARTS) is 7. The molecule has 53 heavy (non-hydrogen) atoms. The van der Waals surface area contributed by atoms with Crippen LogP contribution in [0.2, 0.25) is 0 Å². The molecular formula is C33H52N4O16. The van der Waals surface area contributed by atoms with Crippen molar-refractivity contribution in [3.8, 4) is 0 Å². The number of alkyl carbamates (subject to hydrolysis) is 1. The summed E-state index contributed by atoms with van der Waals surface area (Å²) >= 11 is 0. The Hall–Kier alpha value is -5.34. The van der Waals surface area contributed by atoms with E-state index >= 15 is 0 Å². The largest absolute Gasteiger partial charge is 0.481 e. The van der Waals surface area contributed by atoms with E-state index in [4.69, 9.17) is 40.5 Å². The molecule has 300 valence electrons. The third-order valence-corrected chi connectivity index (χ3v) is 6.51. The highest BCUT2D eigenvalue weighted by Crippen LogP contribution is 2.17. The van der Waals surface area contributed by atoms with Crippen LogP contribution in [-0.2, 0) is 38.3 Å². The fourth-order valence-corrected chi connectivity index (χ4v) is 4.17. The highest BCUT2D eigenvalue weighted by molar-refractivity contribution is 5.80. The molecule has 1 amide bonds. The molecule has 0 fully saturated rings. The van der Waals surface area contributed by atoms with Gasteiger partial charge >= 0.3 is 47.9 Å². The predicted molar refractivity (Wildman–Crippen MR) is 186 cm³/mol. The molecule has 0 aliphatic heterocycles. The summed E-state index contributed by atoms with van der Waals surface area (Å²) in [5.74, 6) is -7.86. The van der Waals surface area contributed by atoms with Gasteiger partial charge < -0.3 is 45.8 Å². The molecule has 0 radical (unpaired) electrons. The topological polar surface area (TPSA) is 309 Å². The monoisotopic (exact) mass is 760 g/mol. The summed E-state index contributed by atoms with van der Waals surface area (Å²) in [6.45, 7) is 6.01. The van der Waals surface area contributed by atoms with Gasteiger partial charge in [0.25, 0.3) is 0 Å². The second-order valence-corrected chi connectivity index (χ2v) is 12.5. The quantitative estimate of drug-likeness (QED) is 0.0816. The first-order valence-electron chi connectivity index (χ1n) is 16.2. The van der Waals surface area contributed by atoms with Crippen LogP contribution in [0.5, 0.6) is 0 Å². The Morgan fingerprint density at radius 2 is 0.981 bits per heavy atom. The van der Waals surface area contributed by atoms with Crippen LogP contribution in [0.4, 0.5) is 4.79 Å². The molecule has 2 atom stereocenters. The Morgan fingerprint density at radius 3 is 1.28 bits per heavy atom. The highest BCUT2D eigenvalue weighted by atomic mass is 16.6. The molecule has 1 unspecified atom stereocenters. The molecule has 8 N–H and O–H groups in total. The Morgan fingerprint density at radius 1 is 0.623 bits per heavy atom. The summed E-state index contributed by atoms with van der Waals surface area (Å²) in [7, 11) is 0. The van der Waals surface area contributed by atoms with Crippen molar-refractivity contribution >= 4 is 47.9 Å². The summed E-state index contributed by atoms with van der Waals surface area (Å²) < 4.78 is 4.91. The molecular weight excluding hydrogens is 708 g/mol. The van der Waals surface area contributed by atoms with Crippen LogP contribution in [0, 0.1) is 0 Å². The molecule has 1 rings (SSSR count). The predicted octanol–water partition coefficient (Wildman–Crippen LogP) is 0.955. The van der Waals surface area contributed by atoms with E-state index < -0.39 is 92.2 Å². The Bertz CT molecular complexity index is 1260. The summed E-state index contributed by atoms with van der Waals surface area (Å²) in [5.41, 5.74) is 0.473. The second-order valence-electron chi connectivity index (χ2n) is 12.5. The lowest BCUT2D eigenvalue weighted by Gasteiger charge is -2.27. The Balaban J connectivity index is 0. The highest BCUT2D eigenvalue weighted by Gasteiger charge is 2.22. The van der Waals surface area contributed by atoms with E-state index in [9.17, 15) is 38.4 Å². The van der Waals surface area contributed by atoms with Crippen LogP contribution in [0.15, 0.2) is 30.3 Å². The van der Waals surface area contributed by atoms with E-state index in [2.05, 4.69) is 5.32 Å². The first kappa shape index (κ1) is 49.8. The van der Waals surface area contributed by atoms with Crippen LogP contribution in [-0.4, -0.2) is 169 Å². The summed E-state index contributed by atoms with van der Waals surface area (Å²) in [5, 5.41) is 63.6. The molecule has 0 spiro atoms. The van der Waals surface area contributed by atoms with Gasteiger partial charge in [-0.2, -0.15) is 0 Å². The van der Waals surface area contributed by atoms with Crippen molar-refractivity contribution in [2.75, 3.05) is 58.9 Å². The van der Waals surface area contributed by atoms with Gasteiger partial charge in [-0.1, -0.05) is 44.2 Å². The number of aliphatic carboxylic acids is 7. The van der Waals surface area contributed by atoms with E-state index in [0.29, 0.717) is 6.42 Å². The van der Waals surface area contributed by atoms with Crippen molar-refractivity contribution in [1.29, 1.82) is 0 Å². The number of nitrogens with one attached hydrogen (secondary N) is 1. The number of benzene rings is 1. The molecule has 0 heterocycles. The zero-order valence-corrected chi connectivity index (χ0v) is 30.5. The summed E-state index contributed by atoms with van der Waals surface area (Å²) in [4.78, 5) is 89.7. The standard InChI is InChI=1S/C14H23N3O10.C10H12O2.C9H17NO4/c18-10(19)5-15(1-3-16(6-11(20)21)7-12(22)23)2-4-17(8-13(24)25)9-14(26)27;1-8(7-10(11)12)9-5-3-2-4-6-9;1-5-6(7(11)12)10-8(13)14-9(2,3)4/h1-9H2,(H,18,19)(H,20,21)(H,22,23)(H,24,25)(H,26,27);2-6,8H,7H2,1H3,(H,11,12);6H,5H2,1-4H3,(H,10,13)(H,11,12)/t;8-;/m.0./s1. The molecule has 0 aromatic heterocycles. The maximum Gasteiger partial charge on any atom is 0.408 e. The minimum Gasteiger partial charge on any atom is -0.481 e. The van der Waals surface area contributed by atoms with Crippen molar-refractivity contribution in [3.05, 3.63) is 35.9 Å². The molecule has 20 nitrogen and oxygen atoms in total. The molecule has 1 aromatic carbocycles. The minimum absolute atomic E-state index is 0.000836. The van der Waals surface area contributed by atoms with Crippen molar-refractivity contribution in [2.45, 2.75) is 65.0 Å². The molecule has 20 heteroatoms. The lowest BCUT2D eigenvalue weighted by Crippen LogP contribution is -2.45. The zero-order chi connectivity index (χ0) is 41.3. The van der Waals surface area contributed by atoms with E-state index in [1.807, 2.05) is 37.3 Å². The third-order valence-electron chi connectivity index (χ3n) is 6.51. The van der Waals surface area contributed by atoms with E-state index in [1.165, 1.54) is 4.90 Å². The molecule has 0 saturated carbocycles. The molecule has 0 bridgehead atoms. The number of amides is 1.